The fourth-order valence-electron chi connectivity index (χ4n) is 0.799. The van der Waals surface area contributed by atoms with E-state index in [1.54, 1.807) is 0 Å². The van der Waals surface area contributed by atoms with E-state index >= 15 is 0 Å². The maximum atomic E-state index is 2.26. The van der Waals surface area contributed by atoms with E-state index in [0.717, 1.165) is 0 Å². The molecule has 0 saturated heterocycles. The Balaban J connectivity index is 2.54. The molecule has 0 bridgehead atoms. The maximum absolute atomic E-state index is 2.26. The first-order chi connectivity index (χ1) is 3.30. The van der Waals surface area contributed by atoms with Crippen LogP contribution in [-0.2, 0) is 0 Å². The molecule has 0 N–H and O–H groups in total. The van der Waals surface area contributed by atoms with E-state index in [0.29, 0.717) is 0 Å². The Morgan fingerprint density at radius 1 is 1.71 bits per heavy atom. The van der Waals surface area contributed by atoms with Crippen molar-refractivity contribution >= 4 is 26.8 Å². The van der Waals surface area contributed by atoms with Crippen LogP contribution in [0.1, 0.15) is 6.92 Å². The molecule has 0 saturated carbocycles. The molecule has 1 aliphatic heterocycles. The van der Waals surface area contributed by atoms with E-state index in [9.17, 15) is 0 Å². The summed E-state index contributed by atoms with van der Waals surface area (Å²) in [6.45, 7) is 4.41. The van der Waals surface area contributed by atoms with Crippen LogP contribution in [0.2, 0.25) is 0 Å². The molecular weight excluding hydrogens is 82.5 g/mol. The second-order valence-corrected chi connectivity index (χ2v) is 2.06. The molecule has 0 unspecified atom stereocenters. The number of nitrogens with zero attached hydrogens (tertiary/aromatic N) is 1. The van der Waals surface area contributed by atoms with Crippen LogP contribution in [0.4, 0.5) is 0 Å². The predicted molar refractivity (Wildman–Crippen MR) is 38.5 cm³/mol. The van der Waals surface area contributed by atoms with Gasteiger partial charge in [0.2, 0.25) is 0 Å². The summed E-state index contributed by atoms with van der Waals surface area (Å²) in [5.74, 6) is 0. The fraction of sp³-hybridized carbons (Fsp3) is 0.667. The average Bonchev–Trinajstić information content (AvgIpc) is 1.91. The zero-order valence-electron chi connectivity index (χ0n) is 4.94. The van der Waals surface area contributed by atoms with Crippen molar-refractivity contribution < 1.29 is 0 Å². The number of hydrogen-bond donors (Lipinski definition) is 0. The molecule has 4 heteroatoms. The van der Waals surface area contributed by atoms with Gasteiger partial charge < -0.3 is 0 Å². The van der Waals surface area contributed by atoms with E-state index in [1.807, 2.05) is 0 Å². The summed E-state index contributed by atoms with van der Waals surface area (Å²) in [5.41, 5.74) is 1.42. The first-order valence-electron chi connectivity index (χ1n) is 2.68. The van der Waals surface area contributed by atoms with Gasteiger partial charge in [0, 0.05) is 0 Å². The second-order valence-electron chi connectivity index (χ2n) is 2.06. The molecule has 1 heterocycles. The zero-order chi connectivity index (χ0) is 5.28. The van der Waals surface area contributed by atoms with Gasteiger partial charge in [-0.05, 0) is 0 Å². The third-order valence-electron chi connectivity index (χ3n) is 1.51. The standard InChI is InChI=1S/C3H8B3N/c1-3-4-5-6-7(3)2/h5-6H,1-2H3. The molecule has 0 aliphatic carbocycles. The van der Waals surface area contributed by atoms with Gasteiger partial charge in [-0.2, -0.15) is 0 Å². The van der Waals surface area contributed by atoms with Crippen LogP contribution in [0.15, 0.2) is 0 Å². The molecule has 7 heavy (non-hydrogen) atoms. The van der Waals surface area contributed by atoms with Gasteiger partial charge in [0.1, 0.15) is 0 Å². The minimum atomic E-state index is 1.21. The Morgan fingerprint density at radius 3 is 2.57 bits per heavy atom. The van der Waals surface area contributed by atoms with Crippen LogP contribution < -0.4 is 0 Å². The quantitative estimate of drug-likeness (QED) is 0.324. The van der Waals surface area contributed by atoms with Gasteiger partial charge >= 0.3 is 45.5 Å². The molecule has 1 nitrogen and oxygen atoms in total. The van der Waals surface area contributed by atoms with Crippen LogP contribution in [0.25, 0.3) is 0 Å². The zero-order valence-corrected chi connectivity index (χ0v) is 4.94. The van der Waals surface area contributed by atoms with Gasteiger partial charge in [-0.3, -0.25) is 0 Å². The minimum absolute atomic E-state index is 1.21. The van der Waals surface area contributed by atoms with Crippen molar-refractivity contribution in [1.29, 1.82) is 0 Å². The van der Waals surface area contributed by atoms with Gasteiger partial charge in [0.25, 0.3) is 0 Å². The van der Waals surface area contributed by atoms with Crippen molar-refractivity contribution in [1.82, 2.24) is 4.81 Å². The molecule has 0 fully saturated rings. The van der Waals surface area contributed by atoms with Gasteiger partial charge in [-0.25, -0.2) is 0 Å². The second kappa shape index (κ2) is 1.77. The summed E-state index contributed by atoms with van der Waals surface area (Å²) in [4.78, 5) is 2.26. The van der Waals surface area contributed by atoms with E-state index < -0.39 is 0 Å². The Labute approximate surface area is 46.5 Å². The van der Waals surface area contributed by atoms with Crippen molar-refractivity contribution in [3.8, 4) is 0 Å². The van der Waals surface area contributed by atoms with Crippen LogP contribution >= 0.6 is 0 Å². The van der Waals surface area contributed by atoms with Crippen molar-refractivity contribution in [3.63, 3.8) is 0 Å². The van der Waals surface area contributed by atoms with Crippen LogP contribution in [-0.4, -0.2) is 38.6 Å². The number of rotatable bonds is 0. The van der Waals surface area contributed by atoms with Crippen LogP contribution in [0.3, 0.4) is 0 Å². The third-order valence-corrected chi connectivity index (χ3v) is 1.51. The molecule has 1 rings (SSSR count). The number of hydrogen-bond acceptors (Lipinski definition) is 1. The monoisotopic (exact) mass is 91.1 g/mol. The molecule has 0 aromatic rings. The van der Waals surface area contributed by atoms with E-state index in [2.05, 4.69) is 25.6 Å². The van der Waals surface area contributed by atoms with Crippen molar-refractivity contribution in [2.45, 2.75) is 6.92 Å². The fourth-order valence-corrected chi connectivity index (χ4v) is 0.799. The van der Waals surface area contributed by atoms with Crippen molar-refractivity contribution in [3.05, 3.63) is 0 Å². The molecule has 0 radical (unpaired) electrons. The normalized spacial score (nSPS) is 16.9. The van der Waals surface area contributed by atoms with Crippen LogP contribution in [0.5, 0.6) is 0 Å². The predicted octanol–water partition coefficient (Wildman–Crippen LogP) is -1.60. The van der Waals surface area contributed by atoms with Crippen LogP contribution in [0, 0.1) is 0 Å². The summed E-state index contributed by atoms with van der Waals surface area (Å²) in [6, 6.07) is 0. The SMILES string of the molecule is CC1=BBBN1C. The van der Waals surface area contributed by atoms with E-state index in [-0.39, 0.29) is 0 Å². The van der Waals surface area contributed by atoms with Crippen molar-refractivity contribution in [2.75, 3.05) is 7.05 Å². The summed E-state index contributed by atoms with van der Waals surface area (Å²) in [7, 11) is 4.58. The average molecular weight is 90.5 g/mol. The van der Waals surface area contributed by atoms with Gasteiger partial charge in [-0.1, -0.05) is 0 Å². The molecular formula is C3H8B3N. The van der Waals surface area contributed by atoms with Gasteiger partial charge in [-0.15, -0.1) is 0 Å². The Kier molecular flexibility index (Phi) is 1.26. The Morgan fingerprint density at radius 2 is 2.43 bits per heavy atom. The van der Waals surface area contributed by atoms with Gasteiger partial charge in [0.05, 0.1) is 0 Å². The first kappa shape index (κ1) is 5.01. The first-order valence-corrected chi connectivity index (χ1v) is 2.68. The summed E-state index contributed by atoms with van der Waals surface area (Å²) in [6.07, 6.45) is 0. The molecule has 1 aliphatic rings. The summed E-state index contributed by atoms with van der Waals surface area (Å²) >= 11 is 0. The topological polar surface area (TPSA) is 3.24 Å². The molecule has 0 aromatic heterocycles. The van der Waals surface area contributed by atoms with E-state index in [4.69, 9.17) is 0 Å². The molecule has 0 spiro atoms. The molecule has 0 aromatic carbocycles. The Hall–Kier alpha value is -0.135. The molecule has 0 atom stereocenters. The van der Waals surface area contributed by atoms with Crippen molar-refractivity contribution in [2.24, 2.45) is 0 Å². The molecule has 34 valence electrons. The Bertz CT molecular complexity index is 100. The summed E-state index contributed by atoms with van der Waals surface area (Å²) < 4.78 is 0. The van der Waals surface area contributed by atoms with Gasteiger partial charge in [0.15, 0.2) is 0 Å². The summed E-state index contributed by atoms with van der Waals surface area (Å²) in [5, 5.41) is 0. The molecule has 0 amide bonds. The van der Waals surface area contributed by atoms with E-state index in [1.165, 1.54) is 20.0 Å². The third kappa shape index (κ3) is 0.900.